The zero-order valence-electron chi connectivity index (χ0n) is 12.2. The number of benzene rings is 2. The van der Waals surface area contributed by atoms with Gasteiger partial charge in [-0.2, -0.15) is 0 Å². The van der Waals surface area contributed by atoms with Crippen molar-refractivity contribution in [2.75, 3.05) is 4.90 Å². The Hall–Kier alpha value is -3.03. The molecule has 0 radical (unpaired) electrons. The second-order valence-electron chi connectivity index (χ2n) is 5.14. The van der Waals surface area contributed by atoms with Gasteiger partial charge in [-0.15, -0.1) is 13.2 Å². The largest absolute Gasteiger partial charge is 0.573 e. The molecular formula is C16H10F3NO4. The molecule has 2 amide bonds. The number of aryl methyl sites for hydroxylation is 1. The van der Waals surface area contributed by atoms with Crippen LogP contribution in [0.4, 0.5) is 18.9 Å². The van der Waals surface area contributed by atoms with E-state index in [1.165, 1.54) is 31.2 Å². The van der Waals surface area contributed by atoms with Gasteiger partial charge in [-0.1, -0.05) is 6.07 Å². The molecule has 2 aromatic carbocycles. The highest BCUT2D eigenvalue weighted by molar-refractivity contribution is 6.35. The molecule has 0 aliphatic carbocycles. The normalized spacial score (nSPS) is 14.1. The molecule has 24 heavy (non-hydrogen) atoms. The van der Waals surface area contributed by atoms with Gasteiger partial charge in [-0.05, 0) is 42.8 Å². The first-order chi connectivity index (χ1) is 11.2. The highest BCUT2D eigenvalue weighted by Gasteiger charge is 2.39. The van der Waals surface area contributed by atoms with Crippen LogP contribution in [0, 0.1) is 6.92 Å². The number of phenols is 1. The Morgan fingerprint density at radius 1 is 1.08 bits per heavy atom. The Bertz CT molecular complexity index is 861. The first-order valence-corrected chi connectivity index (χ1v) is 6.76. The number of halogens is 3. The Labute approximate surface area is 133 Å². The maximum absolute atomic E-state index is 12.4. The van der Waals surface area contributed by atoms with E-state index in [0.717, 1.165) is 17.0 Å². The van der Waals surface area contributed by atoms with Crippen LogP contribution in [0.2, 0.25) is 0 Å². The Kier molecular flexibility index (Phi) is 3.47. The molecule has 0 bridgehead atoms. The topological polar surface area (TPSA) is 66.8 Å². The number of imide groups is 1. The number of carbonyl (C=O) groups is 2. The van der Waals surface area contributed by atoms with Crippen molar-refractivity contribution in [2.45, 2.75) is 13.3 Å². The molecule has 0 aromatic heterocycles. The van der Waals surface area contributed by atoms with Crippen LogP contribution >= 0.6 is 0 Å². The molecule has 1 aliphatic heterocycles. The fourth-order valence-corrected chi connectivity index (χ4v) is 2.56. The summed E-state index contributed by atoms with van der Waals surface area (Å²) in [7, 11) is 0. The Morgan fingerprint density at radius 2 is 1.79 bits per heavy atom. The molecule has 0 saturated carbocycles. The zero-order valence-corrected chi connectivity index (χ0v) is 12.2. The Balaban J connectivity index is 2.01. The minimum atomic E-state index is -4.84. The maximum Gasteiger partial charge on any atom is 0.573 e. The van der Waals surface area contributed by atoms with Crippen LogP contribution in [0.5, 0.6) is 11.5 Å². The first-order valence-electron chi connectivity index (χ1n) is 6.76. The third-order valence-corrected chi connectivity index (χ3v) is 3.54. The number of rotatable bonds is 2. The number of amides is 2. The highest BCUT2D eigenvalue weighted by atomic mass is 19.4. The summed E-state index contributed by atoms with van der Waals surface area (Å²) in [6.45, 7) is 1.45. The lowest BCUT2D eigenvalue weighted by Crippen LogP contribution is -2.30. The van der Waals surface area contributed by atoms with Crippen LogP contribution in [0.1, 0.15) is 26.3 Å². The molecule has 1 N–H and O–H groups in total. The van der Waals surface area contributed by atoms with Crippen LogP contribution in [-0.2, 0) is 0 Å². The molecule has 3 rings (SSSR count). The van der Waals surface area contributed by atoms with Crippen molar-refractivity contribution < 1.29 is 32.6 Å². The predicted octanol–water partition coefficient (Wildman–Crippen LogP) is 3.40. The summed E-state index contributed by atoms with van der Waals surface area (Å²) in [5, 5.41) is 9.78. The van der Waals surface area contributed by atoms with Crippen LogP contribution in [0.25, 0.3) is 0 Å². The summed E-state index contributed by atoms with van der Waals surface area (Å²) in [5.74, 6) is -2.18. The summed E-state index contributed by atoms with van der Waals surface area (Å²) in [4.78, 5) is 25.7. The van der Waals surface area contributed by atoms with Crippen molar-refractivity contribution in [3.8, 4) is 11.5 Å². The summed E-state index contributed by atoms with van der Waals surface area (Å²) in [6, 6.07) is 7.38. The molecule has 0 unspecified atom stereocenters. The highest BCUT2D eigenvalue weighted by Crippen LogP contribution is 2.36. The molecule has 0 fully saturated rings. The lowest BCUT2D eigenvalue weighted by atomic mass is 10.1. The Morgan fingerprint density at radius 3 is 2.38 bits per heavy atom. The van der Waals surface area contributed by atoms with Gasteiger partial charge in [0.2, 0.25) is 0 Å². The van der Waals surface area contributed by atoms with Gasteiger partial charge in [0.05, 0.1) is 16.8 Å². The summed E-state index contributed by atoms with van der Waals surface area (Å²) in [6.07, 6.45) is -4.84. The molecule has 1 aliphatic rings. The minimum absolute atomic E-state index is 0.0371. The van der Waals surface area contributed by atoms with E-state index in [2.05, 4.69) is 4.74 Å². The van der Waals surface area contributed by atoms with E-state index in [9.17, 15) is 27.9 Å². The first kappa shape index (κ1) is 15.9. The van der Waals surface area contributed by atoms with Gasteiger partial charge in [0.25, 0.3) is 11.8 Å². The molecular weight excluding hydrogens is 327 g/mol. The number of ether oxygens (including phenoxy) is 1. The number of phenolic OH excluding ortho intramolecular Hbond substituents is 1. The summed E-state index contributed by atoms with van der Waals surface area (Å²) < 4.78 is 40.6. The fourth-order valence-electron chi connectivity index (χ4n) is 2.56. The average molecular weight is 337 g/mol. The number of hydrogen-bond acceptors (Lipinski definition) is 4. The van der Waals surface area contributed by atoms with E-state index in [1.807, 2.05) is 0 Å². The van der Waals surface area contributed by atoms with Gasteiger partial charge in [0.15, 0.2) is 0 Å². The number of aromatic hydroxyl groups is 1. The van der Waals surface area contributed by atoms with Crippen molar-refractivity contribution in [1.82, 2.24) is 0 Å². The summed E-state index contributed by atoms with van der Waals surface area (Å²) >= 11 is 0. The number of fused-ring (bicyclic) bond motifs is 1. The average Bonchev–Trinajstić information content (AvgIpc) is 2.71. The summed E-state index contributed by atoms with van der Waals surface area (Å²) in [5.41, 5.74) is 0.272. The van der Waals surface area contributed by atoms with E-state index < -0.39 is 23.9 Å². The number of anilines is 1. The molecule has 124 valence electrons. The van der Waals surface area contributed by atoms with E-state index >= 15 is 0 Å². The van der Waals surface area contributed by atoms with Crippen molar-refractivity contribution in [3.63, 3.8) is 0 Å². The lowest BCUT2D eigenvalue weighted by molar-refractivity contribution is -0.274. The number of hydrogen-bond donors (Lipinski definition) is 1. The van der Waals surface area contributed by atoms with Crippen molar-refractivity contribution in [1.29, 1.82) is 0 Å². The molecule has 2 aromatic rings. The number of alkyl halides is 3. The third-order valence-electron chi connectivity index (χ3n) is 3.54. The molecule has 8 heteroatoms. The van der Waals surface area contributed by atoms with Gasteiger partial charge in [-0.25, -0.2) is 4.90 Å². The number of carbonyl (C=O) groups excluding carboxylic acids is 2. The molecule has 1 heterocycles. The van der Waals surface area contributed by atoms with E-state index in [1.54, 1.807) is 0 Å². The standard InChI is InChI=1S/C16H10F3NO4/c1-8-7-9(24-16(17,18)19)5-6-11(8)20-14(22)10-3-2-4-12(21)13(10)15(20)23/h2-7,21H,1H3. The lowest BCUT2D eigenvalue weighted by Gasteiger charge is -2.18. The zero-order chi connectivity index (χ0) is 17.6. The van der Waals surface area contributed by atoms with Gasteiger partial charge >= 0.3 is 6.36 Å². The maximum atomic E-state index is 12.4. The van der Waals surface area contributed by atoms with Gasteiger partial charge < -0.3 is 9.84 Å². The second kappa shape index (κ2) is 5.26. The quantitative estimate of drug-likeness (QED) is 0.853. The van der Waals surface area contributed by atoms with Crippen LogP contribution in [0.15, 0.2) is 36.4 Å². The minimum Gasteiger partial charge on any atom is -0.507 e. The van der Waals surface area contributed by atoms with Crippen molar-refractivity contribution in [2.24, 2.45) is 0 Å². The van der Waals surface area contributed by atoms with E-state index in [-0.39, 0.29) is 28.1 Å². The SMILES string of the molecule is Cc1cc(OC(F)(F)F)ccc1N1C(=O)c2cccc(O)c2C1=O. The predicted molar refractivity (Wildman–Crippen MR) is 77.1 cm³/mol. The fraction of sp³-hybridized carbons (Fsp3) is 0.125. The van der Waals surface area contributed by atoms with Crippen molar-refractivity contribution in [3.05, 3.63) is 53.1 Å². The van der Waals surface area contributed by atoms with Gasteiger partial charge in [0, 0.05) is 0 Å². The molecule has 0 atom stereocenters. The molecule has 0 spiro atoms. The second-order valence-corrected chi connectivity index (χ2v) is 5.14. The van der Waals surface area contributed by atoms with Gasteiger partial charge in [0.1, 0.15) is 11.5 Å². The number of nitrogens with zero attached hydrogens (tertiary/aromatic N) is 1. The third kappa shape index (κ3) is 2.55. The van der Waals surface area contributed by atoms with Crippen LogP contribution < -0.4 is 9.64 Å². The van der Waals surface area contributed by atoms with Gasteiger partial charge in [-0.3, -0.25) is 9.59 Å². The van der Waals surface area contributed by atoms with E-state index in [0.29, 0.717) is 0 Å². The molecule has 0 saturated heterocycles. The van der Waals surface area contributed by atoms with Crippen LogP contribution in [-0.4, -0.2) is 23.3 Å². The molecule has 5 nitrogen and oxygen atoms in total. The van der Waals surface area contributed by atoms with Crippen LogP contribution in [0.3, 0.4) is 0 Å². The monoisotopic (exact) mass is 337 g/mol. The smallest absolute Gasteiger partial charge is 0.507 e. The van der Waals surface area contributed by atoms with E-state index in [4.69, 9.17) is 0 Å². The van der Waals surface area contributed by atoms with Crippen molar-refractivity contribution >= 4 is 17.5 Å².